The Bertz CT molecular complexity index is 492. The summed E-state index contributed by atoms with van der Waals surface area (Å²) in [4.78, 5) is 24.5. The lowest BCUT2D eigenvalue weighted by atomic mass is 10.2. The van der Waals surface area contributed by atoms with Crippen molar-refractivity contribution in [2.45, 2.75) is 39.3 Å². The van der Waals surface area contributed by atoms with E-state index in [9.17, 15) is 9.59 Å². The highest BCUT2D eigenvalue weighted by Gasteiger charge is 2.17. The number of nitrogens with one attached hydrogen (secondary N) is 2. The molecule has 1 atom stereocenters. The molecule has 1 saturated heterocycles. The minimum absolute atomic E-state index is 0. The molecule has 0 bridgehead atoms. The molecule has 19 heavy (non-hydrogen) atoms. The molecule has 7 heteroatoms. The fourth-order valence-corrected chi connectivity index (χ4v) is 3.00. The summed E-state index contributed by atoms with van der Waals surface area (Å²) in [7, 11) is 0. The summed E-state index contributed by atoms with van der Waals surface area (Å²) in [6, 6.07) is 0.250. The van der Waals surface area contributed by atoms with Crippen LogP contribution < -0.4 is 15.5 Å². The van der Waals surface area contributed by atoms with Gasteiger partial charge in [0.2, 0.25) is 5.91 Å². The second kappa shape index (κ2) is 7.07. The molecule has 2 heterocycles. The Labute approximate surface area is 122 Å². The van der Waals surface area contributed by atoms with Crippen molar-refractivity contribution in [1.82, 2.24) is 15.2 Å². The van der Waals surface area contributed by atoms with Crippen LogP contribution in [0.3, 0.4) is 0 Å². The van der Waals surface area contributed by atoms with E-state index in [1.54, 1.807) is 4.57 Å². The molecule has 1 aromatic heterocycles. The van der Waals surface area contributed by atoms with Crippen LogP contribution >= 0.6 is 23.7 Å². The number of nitrogens with zero attached hydrogens (tertiary/aromatic N) is 1. The summed E-state index contributed by atoms with van der Waals surface area (Å²) in [5.74, 6) is 0.0267. The van der Waals surface area contributed by atoms with Gasteiger partial charge in [0.1, 0.15) is 0 Å². The first-order valence-electron chi connectivity index (χ1n) is 6.25. The van der Waals surface area contributed by atoms with Gasteiger partial charge < -0.3 is 15.2 Å². The number of carbonyl (C=O) groups excluding carboxylic acids is 1. The molecular formula is C12H20ClN3O2S. The van der Waals surface area contributed by atoms with Gasteiger partial charge in [-0.2, -0.15) is 0 Å². The van der Waals surface area contributed by atoms with Crippen LogP contribution in [-0.4, -0.2) is 29.6 Å². The van der Waals surface area contributed by atoms with Crippen molar-refractivity contribution in [2.75, 3.05) is 13.1 Å². The van der Waals surface area contributed by atoms with Crippen molar-refractivity contribution in [3.8, 4) is 0 Å². The molecule has 0 spiro atoms. The fourth-order valence-electron chi connectivity index (χ4n) is 2.14. The highest BCUT2D eigenvalue weighted by Crippen LogP contribution is 2.09. The first-order valence-corrected chi connectivity index (χ1v) is 7.06. The van der Waals surface area contributed by atoms with E-state index < -0.39 is 0 Å². The second-order valence-corrected chi connectivity index (χ2v) is 5.83. The Hall–Kier alpha value is -0.850. The molecule has 0 saturated carbocycles. The number of halogens is 1. The summed E-state index contributed by atoms with van der Waals surface area (Å²) in [6.07, 6.45) is 1.36. The minimum atomic E-state index is 0. The first kappa shape index (κ1) is 16.2. The van der Waals surface area contributed by atoms with E-state index in [1.807, 2.05) is 13.8 Å². The zero-order valence-electron chi connectivity index (χ0n) is 11.2. The van der Waals surface area contributed by atoms with E-state index in [1.165, 1.54) is 11.3 Å². The predicted octanol–water partition coefficient (Wildman–Crippen LogP) is 0.817. The third-order valence-electron chi connectivity index (χ3n) is 3.36. The van der Waals surface area contributed by atoms with Crippen molar-refractivity contribution in [2.24, 2.45) is 0 Å². The number of amides is 1. The topological polar surface area (TPSA) is 63.1 Å². The zero-order chi connectivity index (χ0) is 13.1. The number of carbonyl (C=O) groups is 1. The SMILES string of the molecule is Cc1sc(=O)n(CCC(=O)NC2CCNC2)c1C.Cl. The van der Waals surface area contributed by atoms with Crippen molar-refractivity contribution in [1.29, 1.82) is 0 Å². The van der Waals surface area contributed by atoms with Gasteiger partial charge in [0, 0.05) is 36.1 Å². The monoisotopic (exact) mass is 305 g/mol. The molecule has 108 valence electrons. The van der Waals surface area contributed by atoms with Crippen molar-refractivity contribution >= 4 is 29.7 Å². The molecule has 0 aliphatic carbocycles. The second-order valence-electron chi connectivity index (χ2n) is 4.67. The highest BCUT2D eigenvalue weighted by atomic mass is 35.5. The lowest BCUT2D eigenvalue weighted by Gasteiger charge is -2.11. The lowest BCUT2D eigenvalue weighted by molar-refractivity contribution is -0.121. The summed E-state index contributed by atoms with van der Waals surface area (Å²) >= 11 is 1.25. The highest BCUT2D eigenvalue weighted by molar-refractivity contribution is 7.09. The number of rotatable bonds is 4. The average molecular weight is 306 g/mol. The van der Waals surface area contributed by atoms with E-state index in [0.29, 0.717) is 13.0 Å². The van der Waals surface area contributed by atoms with Gasteiger partial charge in [-0.25, -0.2) is 0 Å². The van der Waals surface area contributed by atoms with Crippen LogP contribution in [0, 0.1) is 13.8 Å². The number of aromatic nitrogens is 1. The standard InChI is InChI=1S/C12H19N3O2S.ClH/c1-8-9(2)18-12(17)15(8)6-4-11(16)14-10-3-5-13-7-10;/h10,13H,3-7H2,1-2H3,(H,14,16);1H. The van der Waals surface area contributed by atoms with E-state index in [0.717, 1.165) is 30.1 Å². The minimum Gasteiger partial charge on any atom is -0.352 e. The molecule has 0 aromatic carbocycles. The van der Waals surface area contributed by atoms with E-state index in [-0.39, 0.29) is 29.2 Å². The zero-order valence-corrected chi connectivity index (χ0v) is 12.8. The molecule has 2 N–H and O–H groups in total. The number of aryl methyl sites for hydroxylation is 1. The third kappa shape index (κ3) is 4.06. The Kier molecular flexibility index (Phi) is 6.03. The Balaban J connectivity index is 0.00000180. The number of hydrogen-bond donors (Lipinski definition) is 2. The van der Waals surface area contributed by atoms with Crippen LogP contribution in [-0.2, 0) is 11.3 Å². The molecule has 1 unspecified atom stereocenters. The van der Waals surface area contributed by atoms with Gasteiger partial charge in [-0.1, -0.05) is 11.3 Å². The first-order chi connectivity index (χ1) is 8.58. The molecular weight excluding hydrogens is 286 g/mol. The Morgan fingerprint density at radius 3 is 2.79 bits per heavy atom. The number of thiazole rings is 1. The molecule has 1 aliphatic rings. The van der Waals surface area contributed by atoms with Crippen LogP contribution in [0.4, 0.5) is 0 Å². The maximum Gasteiger partial charge on any atom is 0.307 e. The molecule has 1 aliphatic heterocycles. The van der Waals surface area contributed by atoms with Gasteiger partial charge in [-0.05, 0) is 26.8 Å². The van der Waals surface area contributed by atoms with Crippen LogP contribution in [0.15, 0.2) is 4.79 Å². The molecule has 1 amide bonds. The van der Waals surface area contributed by atoms with Gasteiger partial charge in [0.15, 0.2) is 0 Å². The smallest absolute Gasteiger partial charge is 0.307 e. The van der Waals surface area contributed by atoms with E-state index >= 15 is 0 Å². The van der Waals surface area contributed by atoms with E-state index in [4.69, 9.17) is 0 Å². The predicted molar refractivity (Wildman–Crippen MR) is 79.3 cm³/mol. The molecule has 2 rings (SSSR count). The molecule has 5 nitrogen and oxygen atoms in total. The quantitative estimate of drug-likeness (QED) is 0.865. The van der Waals surface area contributed by atoms with Crippen molar-refractivity contribution in [3.05, 3.63) is 20.2 Å². The summed E-state index contributed by atoms with van der Waals surface area (Å²) in [5.41, 5.74) is 0.973. The maximum atomic E-state index is 11.8. The Morgan fingerprint density at radius 2 is 2.26 bits per heavy atom. The molecule has 1 aromatic rings. The average Bonchev–Trinajstić information content (AvgIpc) is 2.88. The molecule has 0 radical (unpaired) electrons. The van der Waals surface area contributed by atoms with Crippen LogP contribution in [0.5, 0.6) is 0 Å². The normalized spacial score (nSPS) is 18.1. The van der Waals surface area contributed by atoms with Crippen LogP contribution in [0.2, 0.25) is 0 Å². The van der Waals surface area contributed by atoms with Gasteiger partial charge in [-0.3, -0.25) is 9.59 Å². The van der Waals surface area contributed by atoms with Crippen molar-refractivity contribution in [3.63, 3.8) is 0 Å². The summed E-state index contributed by atoms with van der Waals surface area (Å²) in [5, 5.41) is 6.19. The lowest BCUT2D eigenvalue weighted by Crippen LogP contribution is -2.37. The van der Waals surface area contributed by atoms with Gasteiger partial charge >= 0.3 is 4.87 Å². The summed E-state index contributed by atoms with van der Waals surface area (Å²) in [6.45, 7) is 6.14. The van der Waals surface area contributed by atoms with Gasteiger partial charge in [0.25, 0.3) is 0 Å². The van der Waals surface area contributed by atoms with Gasteiger partial charge in [0.05, 0.1) is 0 Å². The van der Waals surface area contributed by atoms with Crippen molar-refractivity contribution < 1.29 is 4.79 Å². The maximum absolute atomic E-state index is 11.8. The largest absolute Gasteiger partial charge is 0.352 e. The summed E-state index contributed by atoms with van der Waals surface area (Å²) < 4.78 is 1.69. The molecule has 1 fully saturated rings. The number of hydrogen-bond acceptors (Lipinski definition) is 4. The third-order valence-corrected chi connectivity index (χ3v) is 4.36. The van der Waals surface area contributed by atoms with Gasteiger partial charge in [-0.15, -0.1) is 12.4 Å². The fraction of sp³-hybridized carbons (Fsp3) is 0.667. The van der Waals surface area contributed by atoms with E-state index in [2.05, 4.69) is 10.6 Å². The van der Waals surface area contributed by atoms with Crippen LogP contribution in [0.1, 0.15) is 23.4 Å². The van der Waals surface area contributed by atoms with Crippen LogP contribution in [0.25, 0.3) is 0 Å². The Morgan fingerprint density at radius 1 is 1.53 bits per heavy atom.